The molecule has 0 bridgehead atoms. The van der Waals surface area contributed by atoms with Crippen LogP contribution >= 0.6 is 0 Å². The molecule has 2 aromatic carbocycles. The number of hydrogen-bond acceptors (Lipinski definition) is 14. The molecule has 0 unspecified atom stereocenters. The number of carbonyl (C=O) groups is 2. The summed E-state index contributed by atoms with van der Waals surface area (Å²) in [6, 6.07) is 23.8. The van der Waals surface area contributed by atoms with Gasteiger partial charge in [0.25, 0.3) is 0 Å². The maximum atomic E-state index is 12.6. The Morgan fingerprint density at radius 1 is 0.629 bits per heavy atom. The highest BCUT2D eigenvalue weighted by Crippen LogP contribution is 2.29. The van der Waals surface area contributed by atoms with Crippen molar-refractivity contribution in [1.29, 1.82) is 0 Å². The Kier molecular flexibility index (Phi) is 19.7. The number of hydrogen-bond donors (Lipinski definition) is 2. The average Bonchev–Trinajstić information content (AvgIpc) is 3.46. The highest BCUT2D eigenvalue weighted by atomic mass is 32.2. The van der Waals surface area contributed by atoms with Crippen LogP contribution in [0, 0.1) is 13.8 Å². The minimum Gasteiger partial charge on any atom is -0.497 e. The standard InChI is InChI=1S/C18H19NO3.C16H22N4O4S2.C13H13NO.C5H8O2.4H2/c1-4-22-18(20)8-6-15-10-14(5-7-17(15)21-3)16-9-13(2)11-19-12-16;1-15(2,19-25(21,22)13-7-5-9-17-11-13)16(3,4)20-26(23,24)14-8-6-10-18-12-14;1-10-7-12(9-14-8-10)11-3-5-13(15-2)6-4-11;1-3-5(6)7-4-2;;;;/h5-12H,4H2,1-3H3;5-12,19-20H,1-4H3;3-9H,1-2H3;3H,1,4H2,2H3;4*1H/b8-6+;;;;;;;/i;;;;4*1+2T. The zero-order chi connectivity index (χ0) is 60.0. The molecule has 380 valence electrons. The molecular weight excluding hydrogens is 933 g/mol. The topological polar surface area (TPSA) is 215 Å². The van der Waals surface area contributed by atoms with Crippen LogP contribution in [0.5, 0.6) is 11.5 Å². The number of aromatic nitrogens is 4. The number of aryl methyl sites for hydroxylation is 2. The minimum absolute atomic E-state index is 0.000934. The molecule has 2 N–H and O–H groups in total. The van der Waals surface area contributed by atoms with E-state index in [4.69, 9.17) is 26.1 Å². The summed E-state index contributed by atoms with van der Waals surface area (Å²) in [5.41, 5.74) is 5.10. The van der Waals surface area contributed by atoms with E-state index in [1.54, 1.807) is 61.8 Å². The van der Waals surface area contributed by atoms with E-state index in [1.807, 2.05) is 81.1 Å². The molecule has 6 rings (SSSR count). The SMILES string of the molecule is C=CC(=O)OCC.CC(C)(NS(=O)(=O)c1cccnc1)C(C)(C)NS(=O)(=O)c1cccnc1.CCOC(=O)/C=C/c1cc(-c2cncc(C)c2)ccc1OC.COc1ccc(-c2cncc(C)c2)cc1.[3H][3H].[3H][3H].[3H][3H].[3H][3H]. The molecule has 0 radical (unpaired) electrons. The van der Waals surface area contributed by atoms with Crippen LogP contribution in [0.2, 0.25) is 0 Å². The molecule has 0 spiro atoms. The van der Waals surface area contributed by atoms with Gasteiger partial charge in [-0.05, 0) is 144 Å². The summed E-state index contributed by atoms with van der Waals surface area (Å²) in [4.78, 5) is 37.5. The van der Waals surface area contributed by atoms with E-state index >= 15 is 0 Å². The fourth-order valence-electron chi connectivity index (χ4n) is 5.86. The summed E-state index contributed by atoms with van der Waals surface area (Å²) < 4.78 is 115. The molecule has 0 saturated carbocycles. The van der Waals surface area contributed by atoms with Crippen LogP contribution in [0.25, 0.3) is 28.3 Å². The quantitative estimate of drug-likeness (QED) is 0.0682. The maximum absolute atomic E-state index is 12.6. The first-order chi connectivity index (χ1) is 37.1. The highest BCUT2D eigenvalue weighted by Gasteiger charge is 2.43. The number of sulfonamides is 2. The van der Waals surface area contributed by atoms with Gasteiger partial charge < -0.3 is 18.9 Å². The first kappa shape index (κ1) is 50.7. The first-order valence-corrected chi connectivity index (χ1v) is 24.8. The van der Waals surface area contributed by atoms with E-state index in [0.29, 0.717) is 19.0 Å². The number of carbonyl (C=O) groups excluding carboxylic acids is 2. The number of pyridine rings is 4. The predicted octanol–water partition coefficient (Wildman–Crippen LogP) is 9.72. The summed E-state index contributed by atoms with van der Waals surface area (Å²) in [6.45, 7) is 18.0. The number of nitrogens with zero attached hydrogens (tertiary/aromatic N) is 4. The molecule has 6 aromatic rings. The van der Waals surface area contributed by atoms with Crippen LogP contribution in [0.3, 0.4) is 0 Å². The molecule has 0 aliphatic carbocycles. The van der Waals surface area contributed by atoms with Gasteiger partial charge in [-0.25, -0.2) is 35.9 Å². The summed E-state index contributed by atoms with van der Waals surface area (Å²) in [6.07, 6.45) is 17.0. The van der Waals surface area contributed by atoms with Gasteiger partial charge >= 0.3 is 11.9 Å². The number of ether oxygens (including phenoxy) is 4. The smallest absolute Gasteiger partial charge is 0.330 e. The van der Waals surface area contributed by atoms with Gasteiger partial charge in [0.2, 0.25) is 20.0 Å². The van der Waals surface area contributed by atoms with Crippen molar-refractivity contribution in [3.05, 3.63) is 164 Å². The van der Waals surface area contributed by atoms with Crippen LogP contribution < -0.4 is 18.9 Å². The fourth-order valence-corrected chi connectivity index (χ4v) is 8.86. The summed E-state index contributed by atoms with van der Waals surface area (Å²) >= 11 is 0. The molecule has 70 heavy (non-hydrogen) atoms. The lowest BCUT2D eigenvalue weighted by Crippen LogP contribution is -2.65. The second-order valence-electron chi connectivity index (χ2n) is 16.1. The molecule has 16 nitrogen and oxygen atoms in total. The van der Waals surface area contributed by atoms with E-state index in [2.05, 4.69) is 52.8 Å². The molecular formula is C52H70N6O10S2. The second kappa shape index (κ2) is 27.2. The molecule has 18 heteroatoms. The van der Waals surface area contributed by atoms with Crippen LogP contribution in [0.4, 0.5) is 0 Å². The Bertz CT molecular complexity index is 2840. The van der Waals surface area contributed by atoms with Crippen molar-refractivity contribution < 1.29 is 57.3 Å². The van der Waals surface area contributed by atoms with Gasteiger partial charge in [-0.3, -0.25) is 19.9 Å². The maximum Gasteiger partial charge on any atom is 0.330 e. The summed E-state index contributed by atoms with van der Waals surface area (Å²) in [5, 5.41) is 0. The van der Waals surface area contributed by atoms with Gasteiger partial charge in [0.05, 0.1) is 27.4 Å². The van der Waals surface area contributed by atoms with Crippen molar-refractivity contribution in [2.24, 2.45) is 0 Å². The number of nitrogens with one attached hydrogen (secondary N) is 2. The van der Waals surface area contributed by atoms with Crippen molar-refractivity contribution in [3.63, 3.8) is 0 Å². The largest absolute Gasteiger partial charge is 0.497 e. The monoisotopic (exact) mass is 1020 g/mol. The Morgan fingerprint density at radius 3 is 1.50 bits per heavy atom. The van der Waals surface area contributed by atoms with Crippen molar-refractivity contribution in [3.8, 4) is 33.8 Å². The number of rotatable bonds is 16. The van der Waals surface area contributed by atoms with Crippen LogP contribution in [-0.4, -0.2) is 87.2 Å². The average molecular weight is 1020 g/mol. The lowest BCUT2D eigenvalue weighted by Gasteiger charge is -2.42. The fraction of sp³-hybridized carbons (Fsp3) is 0.269. The Morgan fingerprint density at radius 2 is 1.10 bits per heavy atom. The molecule has 4 heterocycles. The third-order valence-corrected chi connectivity index (χ3v) is 13.4. The van der Waals surface area contributed by atoms with Crippen LogP contribution in [0.15, 0.2) is 157 Å². The van der Waals surface area contributed by atoms with E-state index in [9.17, 15) is 26.4 Å². The third kappa shape index (κ3) is 18.1. The first-order valence-electron chi connectivity index (χ1n) is 25.8. The van der Waals surface area contributed by atoms with Crippen molar-refractivity contribution in [2.45, 2.75) is 76.3 Å². The van der Waals surface area contributed by atoms with Gasteiger partial charge in [-0.15, -0.1) is 0 Å². The van der Waals surface area contributed by atoms with Crippen molar-refractivity contribution in [1.82, 2.24) is 29.4 Å². The van der Waals surface area contributed by atoms with Gasteiger partial charge in [-0.1, -0.05) is 24.8 Å². The number of benzene rings is 2. The number of esters is 2. The normalized spacial score (nSPS) is 11.7. The lowest BCUT2D eigenvalue weighted by molar-refractivity contribution is -0.138. The Hall–Kier alpha value is -7.12. The lowest BCUT2D eigenvalue weighted by atomic mass is 9.85. The van der Waals surface area contributed by atoms with Crippen LogP contribution in [0.1, 0.15) is 70.1 Å². The summed E-state index contributed by atoms with van der Waals surface area (Å²) in [7, 11) is -4.49. The molecule has 0 aliphatic rings. The summed E-state index contributed by atoms with van der Waals surface area (Å²) in [5.74, 6) is 0.846. The molecule has 0 amide bonds. The van der Waals surface area contributed by atoms with Crippen molar-refractivity contribution in [2.75, 3.05) is 27.4 Å². The second-order valence-corrected chi connectivity index (χ2v) is 19.4. The molecule has 0 saturated heterocycles. The van der Waals surface area contributed by atoms with Gasteiger partial charge in [-0.2, -0.15) is 0 Å². The Labute approximate surface area is 424 Å². The van der Waals surface area contributed by atoms with Gasteiger partial charge in [0, 0.05) is 101 Å². The van der Waals surface area contributed by atoms with E-state index < -0.39 is 31.1 Å². The third-order valence-electron chi connectivity index (χ3n) is 10.1. The van der Waals surface area contributed by atoms with E-state index in [0.717, 1.165) is 45.2 Å². The Balaban J connectivity index is 0. The predicted molar refractivity (Wildman–Crippen MR) is 280 cm³/mol. The molecule has 0 aliphatic heterocycles. The highest BCUT2D eigenvalue weighted by molar-refractivity contribution is 7.90. The van der Waals surface area contributed by atoms with Crippen LogP contribution in [-0.2, 0) is 39.1 Å². The minimum atomic E-state index is -3.88. The zero-order valence-electron chi connectivity index (χ0n) is 49.2. The van der Waals surface area contributed by atoms with Gasteiger partial charge in [0.1, 0.15) is 21.3 Å². The zero-order valence-corrected chi connectivity index (χ0v) is 42.8. The van der Waals surface area contributed by atoms with E-state index in [-0.39, 0.29) is 21.7 Å². The molecule has 0 atom stereocenters. The number of methoxy groups -OCH3 is 2. The van der Waals surface area contributed by atoms with Crippen molar-refractivity contribution >= 4 is 38.1 Å². The molecule has 4 aromatic heterocycles. The molecule has 0 fully saturated rings. The van der Waals surface area contributed by atoms with E-state index in [1.165, 1.54) is 60.7 Å². The van der Waals surface area contributed by atoms with Gasteiger partial charge in [0.15, 0.2) is 0 Å².